The van der Waals surface area contributed by atoms with Gasteiger partial charge in [0.25, 0.3) is 0 Å². The standard InChI is InChI=1S/C7H15NO3S/c1-6-4-2-3-5-7(6)11-12(8,9)10/h6-7H,2-5H2,1H3,(H2,8,9,10). The Bertz CT molecular complexity index is 237. The molecule has 1 aliphatic rings. The number of hydrogen-bond acceptors (Lipinski definition) is 3. The van der Waals surface area contributed by atoms with Crippen LogP contribution in [0.15, 0.2) is 0 Å². The van der Waals surface area contributed by atoms with E-state index in [2.05, 4.69) is 0 Å². The third-order valence-electron chi connectivity index (χ3n) is 2.29. The van der Waals surface area contributed by atoms with Gasteiger partial charge >= 0.3 is 10.3 Å². The fourth-order valence-corrected chi connectivity index (χ4v) is 2.23. The summed E-state index contributed by atoms with van der Waals surface area (Å²) in [7, 11) is -3.76. The molecule has 12 heavy (non-hydrogen) atoms. The van der Waals surface area contributed by atoms with Crippen molar-refractivity contribution >= 4 is 10.3 Å². The molecule has 0 bridgehead atoms. The highest BCUT2D eigenvalue weighted by Crippen LogP contribution is 2.26. The summed E-state index contributed by atoms with van der Waals surface area (Å²) in [6, 6.07) is 0. The van der Waals surface area contributed by atoms with Gasteiger partial charge in [0, 0.05) is 0 Å². The van der Waals surface area contributed by atoms with Crippen LogP contribution in [0.3, 0.4) is 0 Å². The maximum absolute atomic E-state index is 10.6. The molecule has 72 valence electrons. The maximum Gasteiger partial charge on any atom is 0.333 e. The Morgan fingerprint density at radius 1 is 1.33 bits per heavy atom. The number of nitrogens with two attached hydrogens (primary N) is 1. The van der Waals surface area contributed by atoms with Crippen LogP contribution >= 0.6 is 0 Å². The molecule has 0 heterocycles. The highest BCUT2D eigenvalue weighted by atomic mass is 32.2. The lowest BCUT2D eigenvalue weighted by Gasteiger charge is -2.26. The molecule has 1 aliphatic carbocycles. The third-order valence-corrected chi connectivity index (χ3v) is 2.81. The monoisotopic (exact) mass is 193 g/mol. The van der Waals surface area contributed by atoms with Gasteiger partial charge in [-0.1, -0.05) is 19.8 Å². The summed E-state index contributed by atoms with van der Waals surface area (Å²) in [4.78, 5) is 0. The average molecular weight is 193 g/mol. The van der Waals surface area contributed by atoms with Gasteiger partial charge < -0.3 is 0 Å². The fourth-order valence-electron chi connectivity index (χ4n) is 1.60. The molecule has 2 unspecified atom stereocenters. The van der Waals surface area contributed by atoms with Gasteiger partial charge in [-0.3, -0.25) is 4.18 Å². The van der Waals surface area contributed by atoms with Crippen LogP contribution in [-0.2, 0) is 14.5 Å². The molecule has 4 nitrogen and oxygen atoms in total. The Labute approximate surface area is 73.3 Å². The van der Waals surface area contributed by atoms with Crippen LogP contribution in [0, 0.1) is 5.92 Å². The second-order valence-corrected chi connectivity index (χ2v) is 4.57. The van der Waals surface area contributed by atoms with E-state index in [9.17, 15) is 8.42 Å². The van der Waals surface area contributed by atoms with Crippen molar-refractivity contribution in [3.05, 3.63) is 0 Å². The lowest BCUT2D eigenvalue weighted by atomic mass is 9.88. The van der Waals surface area contributed by atoms with Gasteiger partial charge in [0.1, 0.15) is 0 Å². The summed E-state index contributed by atoms with van der Waals surface area (Å²) < 4.78 is 25.9. The SMILES string of the molecule is CC1CCCCC1OS(N)(=O)=O. The first kappa shape index (κ1) is 9.95. The summed E-state index contributed by atoms with van der Waals surface area (Å²) >= 11 is 0. The molecule has 0 aromatic carbocycles. The summed E-state index contributed by atoms with van der Waals surface area (Å²) in [6.07, 6.45) is 3.82. The molecule has 0 amide bonds. The lowest BCUT2D eigenvalue weighted by Crippen LogP contribution is -2.31. The van der Waals surface area contributed by atoms with Crippen LogP contribution in [0.1, 0.15) is 32.6 Å². The van der Waals surface area contributed by atoms with Crippen molar-refractivity contribution in [3.63, 3.8) is 0 Å². The lowest BCUT2D eigenvalue weighted by molar-refractivity contribution is 0.109. The first-order chi connectivity index (χ1) is 5.49. The van der Waals surface area contributed by atoms with E-state index >= 15 is 0 Å². The van der Waals surface area contributed by atoms with E-state index in [1.165, 1.54) is 0 Å². The van der Waals surface area contributed by atoms with E-state index in [-0.39, 0.29) is 6.10 Å². The van der Waals surface area contributed by atoms with Crippen molar-refractivity contribution in [1.82, 2.24) is 0 Å². The largest absolute Gasteiger partial charge is 0.333 e. The molecule has 0 aromatic rings. The number of rotatable bonds is 2. The number of hydrogen-bond donors (Lipinski definition) is 1. The zero-order chi connectivity index (χ0) is 9.19. The minimum atomic E-state index is -3.76. The van der Waals surface area contributed by atoms with Crippen molar-refractivity contribution in [3.8, 4) is 0 Å². The van der Waals surface area contributed by atoms with E-state index in [1.807, 2.05) is 6.92 Å². The molecule has 2 atom stereocenters. The average Bonchev–Trinajstić information content (AvgIpc) is 1.91. The summed E-state index contributed by atoms with van der Waals surface area (Å²) in [5.41, 5.74) is 0. The molecule has 0 radical (unpaired) electrons. The second kappa shape index (κ2) is 3.72. The third kappa shape index (κ3) is 3.08. The van der Waals surface area contributed by atoms with Crippen molar-refractivity contribution in [2.24, 2.45) is 11.1 Å². The van der Waals surface area contributed by atoms with Gasteiger partial charge in [-0.15, -0.1) is 0 Å². The molecule has 0 saturated heterocycles. The first-order valence-electron chi connectivity index (χ1n) is 4.20. The van der Waals surface area contributed by atoms with Crippen LogP contribution in [0.2, 0.25) is 0 Å². The minimum Gasteiger partial charge on any atom is -0.255 e. The second-order valence-electron chi connectivity index (χ2n) is 3.39. The van der Waals surface area contributed by atoms with E-state index in [0.717, 1.165) is 25.7 Å². The van der Waals surface area contributed by atoms with Gasteiger partial charge in [0.15, 0.2) is 0 Å². The molecule has 0 spiro atoms. The topological polar surface area (TPSA) is 69.4 Å². The zero-order valence-electron chi connectivity index (χ0n) is 7.19. The molecule has 5 heteroatoms. The first-order valence-corrected chi connectivity index (χ1v) is 5.67. The Balaban J connectivity index is 2.50. The smallest absolute Gasteiger partial charge is 0.255 e. The van der Waals surface area contributed by atoms with Crippen LogP contribution in [0.5, 0.6) is 0 Å². The molecule has 1 saturated carbocycles. The van der Waals surface area contributed by atoms with E-state index in [1.54, 1.807) is 0 Å². The maximum atomic E-state index is 10.6. The van der Waals surface area contributed by atoms with Crippen molar-refractivity contribution in [1.29, 1.82) is 0 Å². The highest BCUT2D eigenvalue weighted by Gasteiger charge is 2.25. The molecule has 2 N–H and O–H groups in total. The van der Waals surface area contributed by atoms with Gasteiger partial charge in [0.05, 0.1) is 6.10 Å². The van der Waals surface area contributed by atoms with Gasteiger partial charge in [-0.2, -0.15) is 8.42 Å². The van der Waals surface area contributed by atoms with Crippen LogP contribution in [-0.4, -0.2) is 14.5 Å². The van der Waals surface area contributed by atoms with E-state index in [0.29, 0.717) is 5.92 Å². The minimum absolute atomic E-state index is 0.200. The van der Waals surface area contributed by atoms with Crippen molar-refractivity contribution in [2.75, 3.05) is 0 Å². The van der Waals surface area contributed by atoms with Gasteiger partial charge in [-0.05, 0) is 18.8 Å². The van der Waals surface area contributed by atoms with E-state index in [4.69, 9.17) is 9.32 Å². The fraction of sp³-hybridized carbons (Fsp3) is 1.00. The Kier molecular flexibility index (Phi) is 3.09. The Hall–Kier alpha value is -0.130. The molecule has 1 fully saturated rings. The van der Waals surface area contributed by atoms with Crippen LogP contribution < -0.4 is 5.14 Å². The predicted molar refractivity (Wildman–Crippen MR) is 45.6 cm³/mol. The van der Waals surface area contributed by atoms with Crippen molar-refractivity contribution in [2.45, 2.75) is 38.7 Å². The predicted octanol–water partition coefficient (Wildman–Crippen LogP) is 0.785. The summed E-state index contributed by atoms with van der Waals surface area (Å²) in [6.45, 7) is 2.00. The molecule has 1 rings (SSSR count). The van der Waals surface area contributed by atoms with Crippen LogP contribution in [0.25, 0.3) is 0 Å². The normalized spacial score (nSPS) is 31.8. The van der Waals surface area contributed by atoms with Crippen LogP contribution in [0.4, 0.5) is 0 Å². The van der Waals surface area contributed by atoms with Gasteiger partial charge in [0.2, 0.25) is 0 Å². The highest BCUT2D eigenvalue weighted by molar-refractivity contribution is 7.84. The quantitative estimate of drug-likeness (QED) is 0.704. The van der Waals surface area contributed by atoms with E-state index < -0.39 is 10.3 Å². The zero-order valence-corrected chi connectivity index (χ0v) is 8.01. The summed E-state index contributed by atoms with van der Waals surface area (Å²) in [5, 5.41) is 4.78. The Morgan fingerprint density at radius 3 is 2.42 bits per heavy atom. The Morgan fingerprint density at radius 2 is 1.92 bits per heavy atom. The summed E-state index contributed by atoms with van der Waals surface area (Å²) in [5.74, 6) is 0.303. The molecule has 0 aliphatic heterocycles. The molecular weight excluding hydrogens is 178 g/mol. The molecular formula is C7H15NO3S. The van der Waals surface area contributed by atoms with Gasteiger partial charge in [-0.25, -0.2) is 5.14 Å². The van der Waals surface area contributed by atoms with Crippen molar-refractivity contribution < 1.29 is 12.6 Å². The molecule has 0 aromatic heterocycles.